The molecule has 1 unspecified atom stereocenters. The Morgan fingerprint density at radius 3 is 2.44 bits per heavy atom. The third kappa shape index (κ3) is 2.27. The highest BCUT2D eigenvalue weighted by molar-refractivity contribution is 5.94. The van der Waals surface area contributed by atoms with Gasteiger partial charge in [0.15, 0.2) is 0 Å². The average Bonchev–Trinajstić information content (AvgIpc) is 2.66. The zero-order chi connectivity index (χ0) is 18.5. The molecule has 0 saturated heterocycles. The van der Waals surface area contributed by atoms with E-state index < -0.39 is 17.2 Å². The molecule has 2 heterocycles. The van der Waals surface area contributed by atoms with Crippen molar-refractivity contribution in [2.75, 3.05) is 5.32 Å². The Bertz CT molecular complexity index is 1320. The summed E-state index contributed by atoms with van der Waals surface area (Å²) in [5, 5.41) is 15.7. The van der Waals surface area contributed by atoms with Crippen LogP contribution in [0.2, 0.25) is 0 Å². The minimum atomic E-state index is -0.577. The van der Waals surface area contributed by atoms with Crippen LogP contribution in [0.4, 0.5) is 11.5 Å². The molecule has 132 valence electrons. The maximum atomic E-state index is 12.7. The van der Waals surface area contributed by atoms with Crippen molar-refractivity contribution in [3.05, 3.63) is 98.2 Å². The molecule has 6 heteroatoms. The predicted octanol–water partition coefficient (Wildman–Crippen LogP) is 3.16. The Hall–Kier alpha value is -3.80. The molecule has 0 saturated carbocycles. The zero-order valence-electron chi connectivity index (χ0n) is 14.1. The molecule has 4 N–H and O–H groups in total. The summed E-state index contributed by atoms with van der Waals surface area (Å²) in [5.74, 6) is -0.0798. The molecular weight excluding hydrogens is 342 g/mol. The number of nitrogens with one attached hydrogen (secondary N) is 3. The summed E-state index contributed by atoms with van der Waals surface area (Å²) in [5.41, 5.74) is 1.60. The summed E-state index contributed by atoms with van der Waals surface area (Å²) >= 11 is 0. The zero-order valence-corrected chi connectivity index (χ0v) is 14.1. The lowest BCUT2D eigenvalue weighted by atomic mass is 9.80. The van der Waals surface area contributed by atoms with Crippen LogP contribution < -0.4 is 16.6 Å². The number of rotatable bonds is 1. The van der Waals surface area contributed by atoms with Crippen molar-refractivity contribution in [2.45, 2.75) is 5.92 Å². The summed E-state index contributed by atoms with van der Waals surface area (Å²) in [4.78, 5) is 29.5. The van der Waals surface area contributed by atoms with E-state index in [4.69, 9.17) is 0 Å². The van der Waals surface area contributed by atoms with E-state index >= 15 is 0 Å². The maximum absolute atomic E-state index is 12.7. The molecule has 0 radical (unpaired) electrons. The number of aromatic hydroxyl groups is 1. The van der Waals surface area contributed by atoms with E-state index in [1.807, 2.05) is 42.5 Å². The predicted molar refractivity (Wildman–Crippen MR) is 104 cm³/mol. The molecule has 1 atom stereocenters. The first-order chi connectivity index (χ1) is 13.1. The molecule has 27 heavy (non-hydrogen) atoms. The Morgan fingerprint density at radius 1 is 0.815 bits per heavy atom. The summed E-state index contributed by atoms with van der Waals surface area (Å²) in [7, 11) is 0. The SMILES string of the molecule is O=c1[nH]c2c(c(=O)[nH]1)C(c1ccccc1O)c1c(ccc3ccccc13)N2. The van der Waals surface area contributed by atoms with Crippen molar-refractivity contribution in [2.24, 2.45) is 0 Å². The van der Waals surface area contributed by atoms with E-state index in [0.29, 0.717) is 16.9 Å². The number of anilines is 2. The normalized spacial score (nSPS) is 15.0. The molecule has 5 rings (SSSR count). The Balaban J connectivity index is 1.94. The highest BCUT2D eigenvalue weighted by atomic mass is 16.3. The second-order valence-corrected chi connectivity index (χ2v) is 6.56. The molecule has 1 aliphatic rings. The molecule has 0 amide bonds. The molecular formula is C21H15N3O3. The fourth-order valence-corrected chi connectivity index (χ4v) is 3.91. The molecule has 3 aromatic carbocycles. The minimum Gasteiger partial charge on any atom is -0.508 e. The lowest BCUT2D eigenvalue weighted by Crippen LogP contribution is -2.32. The second-order valence-electron chi connectivity index (χ2n) is 6.56. The first kappa shape index (κ1) is 15.5. The van der Waals surface area contributed by atoms with E-state index in [1.54, 1.807) is 18.2 Å². The number of hydrogen-bond acceptors (Lipinski definition) is 4. The smallest absolute Gasteiger partial charge is 0.327 e. The molecule has 0 spiro atoms. The first-order valence-corrected chi connectivity index (χ1v) is 8.56. The fourth-order valence-electron chi connectivity index (χ4n) is 3.91. The Morgan fingerprint density at radius 2 is 1.59 bits per heavy atom. The van der Waals surface area contributed by atoms with Gasteiger partial charge in [0.25, 0.3) is 5.56 Å². The third-order valence-electron chi connectivity index (χ3n) is 5.04. The summed E-state index contributed by atoms with van der Waals surface area (Å²) in [6, 6.07) is 18.8. The van der Waals surface area contributed by atoms with Crippen LogP contribution in [0.1, 0.15) is 22.6 Å². The van der Waals surface area contributed by atoms with Crippen LogP contribution in [0.3, 0.4) is 0 Å². The van der Waals surface area contributed by atoms with Crippen molar-refractivity contribution in [1.82, 2.24) is 9.97 Å². The van der Waals surface area contributed by atoms with Crippen LogP contribution in [0, 0.1) is 0 Å². The maximum Gasteiger partial charge on any atom is 0.327 e. The summed E-state index contributed by atoms with van der Waals surface area (Å²) in [6.45, 7) is 0. The van der Waals surface area contributed by atoms with E-state index in [-0.39, 0.29) is 5.75 Å². The van der Waals surface area contributed by atoms with Gasteiger partial charge < -0.3 is 10.4 Å². The quantitative estimate of drug-likeness (QED) is 0.370. The van der Waals surface area contributed by atoms with Gasteiger partial charge in [0, 0.05) is 17.2 Å². The van der Waals surface area contributed by atoms with Crippen LogP contribution in [0.5, 0.6) is 5.75 Å². The fraction of sp³-hybridized carbons (Fsp3) is 0.0476. The summed E-state index contributed by atoms with van der Waals surface area (Å²) < 4.78 is 0. The highest BCUT2D eigenvalue weighted by Crippen LogP contribution is 2.47. The van der Waals surface area contributed by atoms with E-state index in [2.05, 4.69) is 15.3 Å². The third-order valence-corrected chi connectivity index (χ3v) is 5.04. The van der Waals surface area contributed by atoms with Gasteiger partial charge in [-0.15, -0.1) is 0 Å². The average molecular weight is 357 g/mol. The minimum absolute atomic E-state index is 0.0971. The number of para-hydroxylation sites is 1. The number of hydrogen-bond donors (Lipinski definition) is 4. The number of aromatic nitrogens is 2. The van der Waals surface area contributed by atoms with Gasteiger partial charge in [0.2, 0.25) is 0 Å². The number of phenols is 1. The van der Waals surface area contributed by atoms with Crippen LogP contribution >= 0.6 is 0 Å². The number of aromatic amines is 2. The van der Waals surface area contributed by atoms with E-state index in [1.165, 1.54) is 0 Å². The van der Waals surface area contributed by atoms with Crippen LogP contribution in [0.15, 0.2) is 70.3 Å². The van der Waals surface area contributed by atoms with Crippen LogP contribution in [-0.4, -0.2) is 15.1 Å². The van der Waals surface area contributed by atoms with Gasteiger partial charge in [0.05, 0.1) is 5.56 Å². The van der Waals surface area contributed by atoms with Gasteiger partial charge in [-0.1, -0.05) is 48.5 Å². The number of fused-ring (bicyclic) bond motifs is 4. The van der Waals surface area contributed by atoms with E-state index in [0.717, 1.165) is 22.0 Å². The van der Waals surface area contributed by atoms with Gasteiger partial charge in [-0.3, -0.25) is 14.8 Å². The molecule has 6 nitrogen and oxygen atoms in total. The summed E-state index contributed by atoms with van der Waals surface area (Å²) in [6.07, 6.45) is 0. The van der Waals surface area contributed by atoms with Crippen molar-refractivity contribution < 1.29 is 5.11 Å². The van der Waals surface area contributed by atoms with Crippen molar-refractivity contribution in [1.29, 1.82) is 0 Å². The molecule has 0 fully saturated rings. The molecule has 4 aromatic rings. The van der Waals surface area contributed by atoms with E-state index in [9.17, 15) is 14.7 Å². The topological polar surface area (TPSA) is 98.0 Å². The number of phenolic OH excluding ortho intramolecular Hbond substituents is 1. The van der Waals surface area contributed by atoms with Crippen molar-refractivity contribution >= 4 is 22.3 Å². The lowest BCUT2D eigenvalue weighted by Gasteiger charge is -2.30. The van der Waals surface area contributed by atoms with Crippen LogP contribution in [0.25, 0.3) is 10.8 Å². The van der Waals surface area contributed by atoms with Gasteiger partial charge in [-0.25, -0.2) is 4.79 Å². The highest BCUT2D eigenvalue weighted by Gasteiger charge is 2.33. The Labute approximate surface area is 153 Å². The Kier molecular flexibility index (Phi) is 3.21. The van der Waals surface area contributed by atoms with Gasteiger partial charge in [0.1, 0.15) is 11.6 Å². The molecule has 0 aliphatic carbocycles. The van der Waals surface area contributed by atoms with Crippen molar-refractivity contribution in [3.8, 4) is 5.75 Å². The second kappa shape index (κ2) is 5.60. The number of H-pyrrole nitrogens is 2. The molecule has 0 bridgehead atoms. The van der Waals surface area contributed by atoms with Gasteiger partial charge in [-0.05, 0) is 28.5 Å². The standard InChI is InChI=1S/C21H15N3O3/c25-15-8-4-3-7-13(15)17-16-12-6-2-1-5-11(12)9-10-14(16)22-19-18(17)20(26)24-21(27)23-19/h1-10,17,25H,(H3,22,23,24,26,27). The molecule has 1 aromatic heterocycles. The lowest BCUT2D eigenvalue weighted by molar-refractivity contribution is 0.467. The largest absolute Gasteiger partial charge is 0.508 e. The van der Waals surface area contributed by atoms with Gasteiger partial charge >= 0.3 is 5.69 Å². The monoisotopic (exact) mass is 357 g/mol. The molecule has 1 aliphatic heterocycles. The number of benzene rings is 3. The van der Waals surface area contributed by atoms with Gasteiger partial charge in [-0.2, -0.15) is 0 Å². The first-order valence-electron chi connectivity index (χ1n) is 8.56. The van der Waals surface area contributed by atoms with Crippen molar-refractivity contribution in [3.63, 3.8) is 0 Å². The van der Waals surface area contributed by atoms with Crippen LogP contribution in [-0.2, 0) is 0 Å².